The molecule has 1 saturated heterocycles. The predicted molar refractivity (Wildman–Crippen MR) is 104 cm³/mol. The molecule has 0 spiro atoms. The molecule has 6 heteroatoms. The summed E-state index contributed by atoms with van der Waals surface area (Å²) in [7, 11) is 0. The SMILES string of the molecule is CCn1nc(C)c(CCNC(=O)CN2C[C@@H](c3ccccc3)CC2=O)c1C. The maximum Gasteiger partial charge on any atom is 0.239 e. The maximum atomic E-state index is 12.3. The number of hydrogen-bond donors (Lipinski definition) is 1. The van der Waals surface area contributed by atoms with E-state index in [-0.39, 0.29) is 24.3 Å². The Morgan fingerprint density at radius 2 is 2.00 bits per heavy atom. The van der Waals surface area contributed by atoms with Gasteiger partial charge in [-0.25, -0.2) is 0 Å². The lowest BCUT2D eigenvalue weighted by atomic mass is 9.99. The molecule has 0 saturated carbocycles. The van der Waals surface area contributed by atoms with Crippen molar-refractivity contribution in [2.24, 2.45) is 0 Å². The largest absolute Gasteiger partial charge is 0.354 e. The van der Waals surface area contributed by atoms with Crippen molar-refractivity contribution in [3.63, 3.8) is 0 Å². The van der Waals surface area contributed by atoms with E-state index >= 15 is 0 Å². The Morgan fingerprint density at radius 3 is 2.67 bits per heavy atom. The summed E-state index contributed by atoms with van der Waals surface area (Å²) in [6, 6.07) is 10.0. The van der Waals surface area contributed by atoms with E-state index in [1.807, 2.05) is 41.9 Å². The average Bonchev–Trinajstić information content (AvgIpc) is 3.16. The molecule has 144 valence electrons. The quantitative estimate of drug-likeness (QED) is 0.815. The molecule has 6 nitrogen and oxygen atoms in total. The van der Waals surface area contributed by atoms with E-state index in [1.165, 1.54) is 5.56 Å². The second-order valence-electron chi connectivity index (χ2n) is 7.15. The molecule has 1 aromatic carbocycles. The highest BCUT2D eigenvalue weighted by molar-refractivity contribution is 5.86. The maximum absolute atomic E-state index is 12.3. The van der Waals surface area contributed by atoms with Gasteiger partial charge in [0.05, 0.1) is 12.2 Å². The number of rotatable bonds is 7. The van der Waals surface area contributed by atoms with Crippen molar-refractivity contribution >= 4 is 11.8 Å². The minimum atomic E-state index is -0.102. The average molecular weight is 368 g/mol. The Balaban J connectivity index is 1.48. The molecule has 1 aliphatic heterocycles. The van der Waals surface area contributed by atoms with Crippen molar-refractivity contribution in [1.82, 2.24) is 20.0 Å². The number of hydrogen-bond acceptors (Lipinski definition) is 3. The van der Waals surface area contributed by atoms with Crippen molar-refractivity contribution < 1.29 is 9.59 Å². The van der Waals surface area contributed by atoms with Crippen molar-refractivity contribution in [3.05, 3.63) is 52.8 Å². The van der Waals surface area contributed by atoms with Crippen LogP contribution in [0.5, 0.6) is 0 Å². The van der Waals surface area contributed by atoms with Crippen molar-refractivity contribution in [3.8, 4) is 0 Å². The lowest BCUT2D eigenvalue weighted by molar-refractivity contribution is -0.133. The van der Waals surface area contributed by atoms with Gasteiger partial charge in [0.1, 0.15) is 0 Å². The topological polar surface area (TPSA) is 67.2 Å². The first kappa shape index (κ1) is 19.1. The second kappa shape index (κ2) is 8.37. The molecule has 27 heavy (non-hydrogen) atoms. The van der Waals surface area contributed by atoms with Gasteiger partial charge < -0.3 is 10.2 Å². The standard InChI is InChI=1S/C21H28N4O2/c1-4-25-16(3)19(15(2)23-25)10-11-22-20(26)14-24-13-18(12-21(24)27)17-8-6-5-7-9-17/h5-9,18H,4,10-14H2,1-3H3,(H,22,26)/t18-/m0/s1. The van der Waals surface area contributed by atoms with E-state index in [1.54, 1.807) is 4.90 Å². The minimum absolute atomic E-state index is 0.0508. The molecule has 1 N–H and O–H groups in total. The molecule has 2 amide bonds. The first-order valence-electron chi connectivity index (χ1n) is 9.61. The molecule has 3 rings (SSSR count). The normalized spacial score (nSPS) is 16.8. The number of carbonyl (C=O) groups is 2. The smallest absolute Gasteiger partial charge is 0.239 e. The highest BCUT2D eigenvalue weighted by atomic mass is 16.2. The van der Waals surface area contributed by atoms with Crippen LogP contribution in [-0.4, -0.2) is 46.1 Å². The summed E-state index contributed by atoms with van der Waals surface area (Å²) in [4.78, 5) is 26.2. The summed E-state index contributed by atoms with van der Waals surface area (Å²) in [6.45, 7) is 8.28. The number of benzene rings is 1. The molecule has 0 radical (unpaired) electrons. The highest BCUT2D eigenvalue weighted by Crippen LogP contribution is 2.27. The molecule has 2 aromatic rings. The molecular formula is C21H28N4O2. The van der Waals surface area contributed by atoms with Crippen molar-refractivity contribution in [1.29, 1.82) is 0 Å². The Hall–Kier alpha value is -2.63. The van der Waals surface area contributed by atoms with E-state index in [0.717, 1.165) is 29.9 Å². The van der Waals surface area contributed by atoms with Crippen LogP contribution in [0, 0.1) is 13.8 Å². The number of nitrogens with zero attached hydrogens (tertiary/aromatic N) is 3. The molecule has 2 heterocycles. The summed E-state index contributed by atoms with van der Waals surface area (Å²) >= 11 is 0. The third kappa shape index (κ3) is 4.38. The number of aryl methyl sites for hydroxylation is 2. The third-order valence-electron chi connectivity index (χ3n) is 5.35. The van der Waals surface area contributed by atoms with E-state index in [0.29, 0.717) is 19.5 Å². The Bertz CT molecular complexity index is 813. The first-order valence-corrected chi connectivity index (χ1v) is 9.61. The Kier molecular flexibility index (Phi) is 5.94. The zero-order valence-corrected chi connectivity index (χ0v) is 16.4. The van der Waals surface area contributed by atoms with Gasteiger partial charge in [0, 0.05) is 37.7 Å². The van der Waals surface area contributed by atoms with Crippen molar-refractivity contribution in [2.75, 3.05) is 19.6 Å². The zero-order chi connectivity index (χ0) is 19.4. The monoisotopic (exact) mass is 368 g/mol. The molecule has 1 aliphatic rings. The second-order valence-corrected chi connectivity index (χ2v) is 7.15. The molecule has 0 bridgehead atoms. The molecule has 1 aromatic heterocycles. The van der Waals surface area contributed by atoms with Gasteiger partial charge in [0.25, 0.3) is 0 Å². The van der Waals surface area contributed by atoms with Crippen LogP contribution in [0.4, 0.5) is 0 Å². The van der Waals surface area contributed by atoms with Crippen LogP contribution in [0.3, 0.4) is 0 Å². The minimum Gasteiger partial charge on any atom is -0.354 e. The lowest BCUT2D eigenvalue weighted by Gasteiger charge is -2.16. The molecule has 0 aliphatic carbocycles. The summed E-state index contributed by atoms with van der Waals surface area (Å²) < 4.78 is 1.99. The van der Waals surface area contributed by atoms with E-state index in [9.17, 15) is 9.59 Å². The Labute approximate surface area is 160 Å². The van der Waals surface area contributed by atoms with Gasteiger partial charge in [-0.05, 0) is 38.3 Å². The predicted octanol–water partition coefficient (Wildman–Crippen LogP) is 2.19. The van der Waals surface area contributed by atoms with Crippen LogP contribution in [0.1, 0.15) is 41.8 Å². The fraction of sp³-hybridized carbons (Fsp3) is 0.476. The van der Waals surface area contributed by atoms with Crippen LogP contribution >= 0.6 is 0 Å². The van der Waals surface area contributed by atoms with Crippen LogP contribution in [0.2, 0.25) is 0 Å². The number of nitrogens with one attached hydrogen (secondary N) is 1. The van der Waals surface area contributed by atoms with Crippen LogP contribution in [0.15, 0.2) is 30.3 Å². The van der Waals surface area contributed by atoms with Crippen LogP contribution in [-0.2, 0) is 22.6 Å². The van der Waals surface area contributed by atoms with Gasteiger partial charge >= 0.3 is 0 Å². The molecule has 0 unspecified atom stereocenters. The third-order valence-corrected chi connectivity index (χ3v) is 5.35. The van der Waals surface area contributed by atoms with Crippen molar-refractivity contribution in [2.45, 2.75) is 46.1 Å². The summed E-state index contributed by atoms with van der Waals surface area (Å²) in [5.41, 5.74) is 4.53. The van der Waals surface area contributed by atoms with E-state index in [2.05, 4.69) is 24.3 Å². The number of amides is 2. The highest BCUT2D eigenvalue weighted by Gasteiger charge is 2.31. The van der Waals surface area contributed by atoms with Gasteiger partial charge in [-0.3, -0.25) is 14.3 Å². The molecule has 1 fully saturated rings. The van der Waals surface area contributed by atoms with Gasteiger partial charge in [0.15, 0.2) is 0 Å². The molecular weight excluding hydrogens is 340 g/mol. The van der Waals surface area contributed by atoms with E-state index in [4.69, 9.17) is 0 Å². The van der Waals surface area contributed by atoms with Gasteiger partial charge in [0.2, 0.25) is 11.8 Å². The fourth-order valence-electron chi connectivity index (χ4n) is 3.83. The summed E-state index contributed by atoms with van der Waals surface area (Å²) in [6.07, 6.45) is 1.23. The molecule has 1 atom stereocenters. The number of likely N-dealkylation sites (tertiary alicyclic amines) is 1. The van der Waals surface area contributed by atoms with Gasteiger partial charge in [-0.1, -0.05) is 30.3 Å². The van der Waals surface area contributed by atoms with Gasteiger partial charge in [-0.2, -0.15) is 5.10 Å². The lowest BCUT2D eigenvalue weighted by Crippen LogP contribution is -2.38. The zero-order valence-electron chi connectivity index (χ0n) is 16.4. The summed E-state index contributed by atoms with van der Waals surface area (Å²) in [5.74, 6) is 0.127. The number of aromatic nitrogens is 2. The van der Waals surface area contributed by atoms with Gasteiger partial charge in [-0.15, -0.1) is 0 Å². The number of carbonyl (C=O) groups excluding carboxylic acids is 2. The van der Waals surface area contributed by atoms with Crippen LogP contribution in [0.25, 0.3) is 0 Å². The van der Waals surface area contributed by atoms with E-state index < -0.39 is 0 Å². The van der Waals surface area contributed by atoms with Crippen LogP contribution < -0.4 is 5.32 Å². The Morgan fingerprint density at radius 1 is 1.26 bits per heavy atom. The summed E-state index contributed by atoms with van der Waals surface area (Å²) in [5, 5.41) is 7.45. The first-order chi connectivity index (χ1) is 13.0. The fourth-order valence-corrected chi connectivity index (χ4v) is 3.83.